The van der Waals surface area contributed by atoms with Gasteiger partial charge in [0.15, 0.2) is 0 Å². The van der Waals surface area contributed by atoms with Crippen molar-refractivity contribution in [3.05, 3.63) is 34.1 Å². The van der Waals surface area contributed by atoms with E-state index in [1.165, 1.54) is 6.07 Å². The molecule has 1 aliphatic heterocycles. The van der Waals surface area contributed by atoms with Crippen molar-refractivity contribution >= 4 is 15.9 Å². The van der Waals surface area contributed by atoms with E-state index in [0.717, 1.165) is 18.7 Å². The number of nitriles is 1. The molecule has 1 aliphatic rings. The summed E-state index contributed by atoms with van der Waals surface area (Å²) in [7, 11) is 0. The quantitative estimate of drug-likeness (QED) is 0.782. The van der Waals surface area contributed by atoms with E-state index in [1.54, 1.807) is 12.1 Å². The standard InChI is InChI=1S/C15H18BrFN2/c1-15(2,3)19-8-11(7-18)12(9-19)10-4-5-14(17)13(16)6-10/h4-6,11-12H,8-9H2,1-3H3/t11-,12+/m0/s1. The maximum Gasteiger partial charge on any atom is 0.137 e. The minimum atomic E-state index is -0.261. The zero-order valence-corrected chi connectivity index (χ0v) is 13.0. The Balaban J connectivity index is 2.28. The molecule has 2 atom stereocenters. The Bertz CT molecular complexity index is 516. The average Bonchev–Trinajstić information content (AvgIpc) is 2.76. The molecule has 1 fully saturated rings. The topological polar surface area (TPSA) is 27.0 Å². The van der Waals surface area contributed by atoms with E-state index >= 15 is 0 Å². The average molecular weight is 325 g/mol. The van der Waals surface area contributed by atoms with Crippen LogP contribution in [0.1, 0.15) is 32.3 Å². The summed E-state index contributed by atoms with van der Waals surface area (Å²) in [6.45, 7) is 8.10. The molecule has 0 radical (unpaired) electrons. The minimum absolute atomic E-state index is 0.0309. The molecule has 102 valence electrons. The van der Waals surface area contributed by atoms with Crippen LogP contribution in [0.3, 0.4) is 0 Å². The van der Waals surface area contributed by atoms with Crippen LogP contribution in [0.2, 0.25) is 0 Å². The summed E-state index contributed by atoms with van der Waals surface area (Å²) in [5, 5.41) is 9.34. The van der Waals surface area contributed by atoms with Crippen LogP contribution in [0, 0.1) is 23.1 Å². The zero-order chi connectivity index (χ0) is 14.2. The van der Waals surface area contributed by atoms with Crippen molar-refractivity contribution in [3.8, 4) is 6.07 Å². The molecule has 0 unspecified atom stereocenters. The van der Waals surface area contributed by atoms with E-state index in [1.807, 2.05) is 0 Å². The lowest BCUT2D eigenvalue weighted by Gasteiger charge is -2.31. The second-order valence-electron chi connectivity index (χ2n) is 6.09. The summed E-state index contributed by atoms with van der Waals surface area (Å²) in [6, 6.07) is 7.46. The minimum Gasteiger partial charge on any atom is -0.297 e. The zero-order valence-electron chi connectivity index (χ0n) is 11.5. The van der Waals surface area contributed by atoms with Gasteiger partial charge in [0.1, 0.15) is 5.82 Å². The van der Waals surface area contributed by atoms with E-state index in [0.29, 0.717) is 4.47 Å². The van der Waals surface area contributed by atoms with E-state index in [9.17, 15) is 9.65 Å². The van der Waals surface area contributed by atoms with Crippen molar-refractivity contribution in [1.29, 1.82) is 5.26 Å². The third-order valence-corrected chi connectivity index (χ3v) is 4.41. The molecule has 4 heteroatoms. The molecule has 1 saturated heterocycles. The first-order valence-electron chi connectivity index (χ1n) is 6.42. The molecule has 0 bridgehead atoms. The smallest absolute Gasteiger partial charge is 0.137 e. The number of benzene rings is 1. The number of likely N-dealkylation sites (tertiary alicyclic amines) is 1. The van der Waals surface area contributed by atoms with Crippen LogP contribution in [0.15, 0.2) is 22.7 Å². The number of hydrogen-bond acceptors (Lipinski definition) is 2. The molecule has 19 heavy (non-hydrogen) atoms. The molecular formula is C15H18BrFN2. The summed E-state index contributed by atoms with van der Waals surface area (Å²) in [5.41, 5.74) is 1.09. The molecule has 2 nitrogen and oxygen atoms in total. The van der Waals surface area contributed by atoms with Crippen molar-refractivity contribution < 1.29 is 4.39 Å². The summed E-state index contributed by atoms with van der Waals surface area (Å²) in [5.74, 6) is -0.138. The predicted molar refractivity (Wildman–Crippen MR) is 77.3 cm³/mol. The Labute approximate surface area is 122 Å². The van der Waals surface area contributed by atoms with Gasteiger partial charge in [0, 0.05) is 24.5 Å². The first kappa shape index (κ1) is 14.5. The molecule has 0 aromatic heterocycles. The maximum atomic E-state index is 13.3. The Morgan fingerprint density at radius 1 is 1.37 bits per heavy atom. The molecule has 1 aromatic rings. The van der Waals surface area contributed by atoms with Crippen molar-refractivity contribution in [2.45, 2.75) is 32.2 Å². The fraction of sp³-hybridized carbons (Fsp3) is 0.533. The van der Waals surface area contributed by atoms with Gasteiger partial charge in [-0.1, -0.05) is 6.07 Å². The predicted octanol–water partition coefficient (Wildman–Crippen LogP) is 3.93. The van der Waals surface area contributed by atoms with Crippen molar-refractivity contribution in [3.63, 3.8) is 0 Å². The van der Waals surface area contributed by atoms with Crippen LogP contribution in [-0.4, -0.2) is 23.5 Å². The van der Waals surface area contributed by atoms with Crippen molar-refractivity contribution in [1.82, 2.24) is 4.90 Å². The van der Waals surface area contributed by atoms with Crippen molar-refractivity contribution in [2.75, 3.05) is 13.1 Å². The van der Waals surface area contributed by atoms with Gasteiger partial charge in [-0.2, -0.15) is 5.26 Å². The highest BCUT2D eigenvalue weighted by Gasteiger charge is 2.38. The van der Waals surface area contributed by atoms with Gasteiger partial charge >= 0.3 is 0 Å². The van der Waals surface area contributed by atoms with Crippen LogP contribution >= 0.6 is 15.9 Å². The molecule has 2 rings (SSSR count). The van der Waals surface area contributed by atoms with Gasteiger partial charge in [0.05, 0.1) is 16.5 Å². The third-order valence-electron chi connectivity index (χ3n) is 3.81. The lowest BCUT2D eigenvalue weighted by Crippen LogP contribution is -2.39. The largest absolute Gasteiger partial charge is 0.297 e. The van der Waals surface area contributed by atoms with E-state index in [2.05, 4.69) is 47.7 Å². The fourth-order valence-corrected chi connectivity index (χ4v) is 2.96. The van der Waals surface area contributed by atoms with E-state index in [4.69, 9.17) is 0 Å². The SMILES string of the molecule is CC(C)(C)N1C[C@H](c2ccc(F)c(Br)c2)[C@@H](C#N)C1. The highest BCUT2D eigenvalue weighted by atomic mass is 79.9. The normalized spacial score (nSPS) is 24.4. The second-order valence-corrected chi connectivity index (χ2v) is 6.95. The Morgan fingerprint density at radius 3 is 2.58 bits per heavy atom. The lowest BCUT2D eigenvalue weighted by atomic mass is 9.90. The highest BCUT2D eigenvalue weighted by molar-refractivity contribution is 9.10. The van der Waals surface area contributed by atoms with Crippen molar-refractivity contribution in [2.24, 2.45) is 5.92 Å². The third kappa shape index (κ3) is 2.98. The molecule has 0 N–H and O–H groups in total. The van der Waals surface area contributed by atoms with Gasteiger partial charge in [0.2, 0.25) is 0 Å². The van der Waals surface area contributed by atoms with Gasteiger partial charge in [-0.25, -0.2) is 4.39 Å². The molecule has 1 heterocycles. The Morgan fingerprint density at radius 2 is 2.05 bits per heavy atom. The summed E-state index contributed by atoms with van der Waals surface area (Å²) >= 11 is 3.22. The number of rotatable bonds is 1. The van der Waals surface area contributed by atoms with Crippen LogP contribution in [0.5, 0.6) is 0 Å². The second kappa shape index (κ2) is 5.22. The lowest BCUT2D eigenvalue weighted by molar-refractivity contribution is 0.170. The first-order valence-corrected chi connectivity index (χ1v) is 7.22. The number of nitrogens with zero attached hydrogens (tertiary/aromatic N) is 2. The van der Waals surface area contributed by atoms with Crippen LogP contribution < -0.4 is 0 Å². The van der Waals surface area contributed by atoms with E-state index in [-0.39, 0.29) is 23.2 Å². The van der Waals surface area contributed by atoms with Crippen LogP contribution in [-0.2, 0) is 0 Å². The van der Waals surface area contributed by atoms with Gasteiger partial charge in [-0.3, -0.25) is 4.90 Å². The Kier molecular flexibility index (Phi) is 3.98. The fourth-order valence-electron chi connectivity index (χ4n) is 2.56. The van der Waals surface area contributed by atoms with Gasteiger partial charge in [0.25, 0.3) is 0 Å². The molecule has 1 aromatic carbocycles. The van der Waals surface area contributed by atoms with Crippen LogP contribution in [0.4, 0.5) is 4.39 Å². The monoisotopic (exact) mass is 324 g/mol. The van der Waals surface area contributed by atoms with Gasteiger partial charge in [-0.15, -0.1) is 0 Å². The number of halogens is 2. The molecule has 0 spiro atoms. The van der Waals surface area contributed by atoms with E-state index < -0.39 is 0 Å². The molecule has 0 aliphatic carbocycles. The first-order chi connectivity index (χ1) is 8.82. The molecular weight excluding hydrogens is 307 g/mol. The summed E-state index contributed by atoms with van der Waals surface area (Å²) in [4.78, 5) is 2.32. The molecule has 0 amide bonds. The Hall–Kier alpha value is -0.920. The summed E-state index contributed by atoms with van der Waals surface area (Å²) in [6.07, 6.45) is 0. The van der Waals surface area contributed by atoms with Crippen LogP contribution in [0.25, 0.3) is 0 Å². The highest BCUT2D eigenvalue weighted by Crippen LogP contribution is 2.36. The molecule has 0 saturated carbocycles. The number of hydrogen-bond donors (Lipinski definition) is 0. The maximum absolute atomic E-state index is 13.3. The van der Waals surface area contributed by atoms with Gasteiger partial charge < -0.3 is 0 Å². The van der Waals surface area contributed by atoms with Gasteiger partial charge in [-0.05, 0) is 54.4 Å². The summed E-state index contributed by atoms with van der Waals surface area (Å²) < 4.78 is 13.8.